The number of carbonyl (C=O) groups excluding carboxylic acids is 2. The van der Waals surface area contributed by atoms with E-state index in [-0.39, 0.29) is 18.0 Å². The van der Waals surface area contributed by atoms with Crippen molar-refractivity contribution in [3.05, 3.63) is 52.3 Å². The molecule has 1 aliphatic heterocycles. The molecule has 2 aromatic rings. The molecule has 3 rings (SSSR count). The number of aromatic amines is 1. The first-order valence-corrected chi connectivity index (χ1v) is 9.14. The molecular formula is C20H23F2N3O2. The number of carbonyl (C=O) groups is 2. The number of ketones is 1. The first-order chi connectivity index (χ1) is 12.9. The molecule has 1 aliphatic rings. The highest BCUT2D eigenvalue weighted by Gasteiger charge is 2.30. The maximum Gasteiger partial charge on any atom is 0.222 e. The van der Waals surface area contributed by atoms with Crippen molar-refractivity contribution in [2.24, 2.45) is 5.92 Å². The van der Waals surface area contributed by atoms with Crippen molar-refractivity contribution in [3.63, 3.8) is 0 Å². The van der Waals surface area contributed by atoms with Crippen LogP contribution in [-0.2, 0) is 11.2 Å². The van der Waals surface area contributed by atoms with Crippen LogP contribution in [0.3, 0.4) is 0 Å². The average Bonchev–Trinajstić information content (AvgIpc) is 2.99. The molecule has 2 heterocycles. The highest BCUT2D eigenvalue weighted by atomic mass is 19.1. The summed E-state index contributed by atoms with van der Waals surface area (Å²) in [4.78, 5) is 26.9. The largest absolute Gasteiger partial charge is 0.342 e. The van der Waals surface area contributed by atoms with Gasteiger partial charge >= 0.3 is 0 Å². The second kappa shape index (κ2) is 7.98. The molecule has 1 fully saturated rings. The van der Waals surface area contributed by atoms with Crippen molar-refractivity contribution in [1.29, 1.82) is 0 Å². The number of nitrogens with zero attached hydrogens (tertiary/aromatic N) is 2. The molecule has 1 N–H and O–H groups in total. The zero-order valence-corrected chi connectivity index (χ0v) is 15.5. The molecular weight excluding hydrogens is 352 g/mol. The Hall–Kier alpha value is -2.57. The Balaban J connectivity index is 1.64. The molecule has 1 atom stereocenters. The van der Waals surface area contributed by atoms with Crippen molar-refractivity contribution in [2.75, 3.05) is 13.1 Å². The lowest BCUT2D eigenvalue weighted by Crippen LogP contribution is -2.42. The van der Waals surface area contributed by atoms with Crippen LogP contribution >= 0.6 is 0 Å². The third-order valence-electron chi connectivity index (χ3n) is 5.21. The Bertz CT molecular complexity index is 843. The van der Waals surface area contributed by atoms with Crippen LogP contribution in [0.25, 0.3) is 0 Å². The number of halogens is 2. The highest BCUT2D eigenvalue weighted by Crippen LogP contribution is 2.24. The summed E-state index contributed by atoms with van der Waals surface area (Å²) in [6, 6.07) is 2.88. The summed E-state index contributed by atoms with van der Waals surface area (Å²) in [5, 5.41) is 7.03. The number of hydrogen-bond donors (Lipinski definition) is 1. The van der Waals surface area contributed by atoms with E-state index in [4.69, 9.17) is 0 Å². The zero-order valence-electron chi connectivity index (χ0n) is 15.5. The second-order valence-corrected chi connectivity index (χ2v) is 7.08. The first-order valence-electron chi connectivity index (χ1n) is 9.14. The van der Waals surface area contributed by atoms with E-state index in [0.717, 1.165) is 35.2 Å². The van der Waals surface area contributed by atoms with Crippen LogP contribution in [0.15, 0.2) is 18.2 Å². The summed E-state index contributed by atoms with van der Waals surface area (Å²) in [7, 11) is 0. The van der Waals surface area contributed by atoms with Crippen molar-refractivity contribution in [1.82, 2.24) is 15.1 Å². The molecule has 1 aromatic carbocycles. The number of nitrogens with one attached hydrogen (secondary N) is 1. The number of amides is 1. The zero-order chi connectivity index (χ0) is 19.6. The van der Waals surface area contributed by atoms with E-state index in [1.165, 1.54) is 0 Å². The second-order valence-electron chi connectivity index (χ2n) is 7.08. The molecule has 144 valence electrons. The summed E-state index contributed by atoms with van der Waals surface area (Å²) in [6.45, 7) is 4.64. The quantitative estimate of drug-likeness (QED) is 0.815. The molecule has 0 saturated carbocycles. The number of likely N-dealkylation sites (tertiary alicyclic amines) is 1. The molecule has 5 nitrogen and oxygen atoms in total. The topological polar surface area (TPSA) is 66.1 Å². The number of H-pyrrole nitrogens is 1. The molecule has 27 heavy (non-hydrogen) atoms. The van der Waals surface area contributed by atoms with Gasteiger partial charge in [-0.15, -0.1) is 0 Å². The van der Waals surface area contributed by atoms with Gasteiger partial charge in [-0.2, -0.15) is 5.10 Å². The lowest BCUT2D eigenvalue weighted by atomic mass is 9.89. The van der Waals surface area contributed by atoms with E-state index in [2.05, 4.69) is 10.2 Å². The predicted octanol–water partition coefficient (Wildman–Crippen LogP) is 3.36. The van der Waals surface area contributed by atoms with E-state index in [0.29, 0.717) is 32.2 Å². The number of Topliss-reactive ketones (excluding diaryl/α,β-unsaturated/α-hetero) is 1. The van der Waals surface area contributed by atoms with E-state index in [9.17, 15) is 18.4 Å². The molecule has 0 bridgehead atoms. The highest BCUT2D eigenvalue weighted by molar-refractivity contribution is 5.98. The summed E-state index contributed by atoms with van der Waals surface area (Å²) in [6.07, 6.45) is 2.15. The molecule has 0 aliphatic carbocycles. The van der Waals surface area contributed by atoms with E-state index in [1.54, 1.807) is 4.90 Å². The van der Waals surface area contributed by atoms with E-state index >= 15 is 0 Å². The van der Waals surface area contributed by atoms with E-state index < -0.39 is 23.3 Å². The van der Waals surface area contributed by atoms with Gasteiger partial charge < -0.3 is 4.90 Å². The van der Waals surface area contributed by atoms with Crippen LogP contribution in [-0.4, -0.2) is 39.9 Å². The lowest BCUT2D eigenvalue weighted by Gasteiger charge is -2.32. The fraction of sp³-hybridized carbons (Fsp3) is 0.450. The summed E-state index contributed by atoms with van der Waals surface area (Å²) in [5.74, 6) is -2.35. The molecule has 7 heteroatoms. The predicted molar refractivity (Wildman–Crippen MR) is 96.4 cm³/mol. The van der Waals surface area contributed by atoms with Crippen LogP contribution in [0.4, 0.5) is 8.78 Å². The SMILES string of the molecule is Cc1n[nH]c(C)c1CCC(=O)N1CCCC(C(=O)c2cc(F)ccc2F)C1. The normalized spacial score (nSPS) is 17.2. The van der Waals surface area contributed by atoms with Crippen molar-refractivity contribution < 1.29 is 18.4 Å². The summed E-state index contributed by atoms with van der Waals surface area (Å²) >= 11 is 0. The maximum absolute atomic E-state index is 13.9. The van der Waals surface area contributed by atoms with Gasteiger partial charge in [0.05, 0.1) is 11.3 Å². The Morgan fingerprint density at radius 3 is 2.78 bits per heavy atom. The Morgan fingerprint density at radius 2 is 2.07 bits per heavy atom. The molecule has 1 amide bonds. The van der Waals surface area contributed by atoms with Gasteiger partial charge in [-0.25, -0.2) is 8.78 Å². The first kappa shape index (κ1) is 19.2. The summed E-state index contributed by atoms with van der Waals surface area (Å²) < 4.78 is 27.3. The van der Waals surface area contributed by atoms with Crippen LogP contribution in [0.5, 0.6) is 0 Å². The Morgan fingerprint density at radius 1 is 1.30 bits per heavy atom. The number of benzene rings is 1. The third-order valence-corrected chi connectivity index (χ3v) is 5.21. The lowest BCUT2D eigenvalue weighted by molar-refractivity contribution is -0.132. The number of piperidine rings is 1. The molecule has 0 radical (unpaired) electrons. The van der Waals surface area contributed by atoms with Gasteiger partial charge in [0.2, 0.25) is 5.91 Å². The fourth-order valence-corrected chi connectivity index (χ4v) is 3.66. The molecule has 1 aromatic heterocycles. The van der Waals surface area contributed by atoms with Crippen molar-refractivity contribution in [2.45, 2.75) is 39.5 Å². The number of aromatic nitrogens is 2. The van der Waals surface area contributed by atoms with Gasteiger partial charge in [-0.3, -0.25) is 14.7 Å². The molecule has 1 unspecified atom stereocenters. The van der Waals surface area contributed by atoms with E-state index in [1.807, 2.05) is 13.8 Å². The van der Waals surface area contributed by atoms with Gasteiger partial charge in [0.25, 0.3) is 0 Å². The third kappa shape index (κ3) is 4.23. The minimum absolute atomic E-state index is 0.0350. The van der Waals surface area contributed by atoms with Crippen LogP contribution in [0.2, 0.25) is 0 Å². The van der Waals surface area contributed by atoms with Gasteiger partial charge in [-0.05, 0) is 56.9 Å². The van der Waals surface area contributed by atoms with Gasteiger partial charge in [0.1, 0.15) is 11.6 Å². The summed E-state index contributed by atoms with van der Waals surface area (Å²) in [5.41, 5.74) is 2.64. The minimum atomic E-state index is -0.726. The van der Waals surface area contributed by atoms with Crippen molar-refractivity contribution in [3.8, 4) is 0 Å². The van der Waals surface area contributed by atoms with Gasteiger partial charge in [-0.1, -0.05) is 0 Å². The monoisotopic (exact) mass is 375 g/mol. The van der Waals surface area contributed by atoms with Crippen LogP contribution < -0.4 is 0 Å². The average molecular weight is 375 g/mol. The van der Waals surface area contributed by atoms with Crippen molar-refractivity contribution >= 4 is 11.7 Å². The minimum Gasteiger partial charge on any atom is -0.342 e. The maximum atomic E-state index is 13.9. The van der Waals surface area contributed by atoms with Gasteiger partial charge in [0.15, 0.2) is 5.78 Å². The number of aryl methyl sites for hydroxylation is 2. The van der Waals surface area contributed by atoms with Gasteiger partial charge in [0, 0.05) is 31.1 Å². The Labute approximate surface area is 156 Å². The Kier molecular flexibility index (Phi) is 5.68. The van der Waals surface area contributed by atoms with Crippen LogP contribution in [0, 0.1) is 31.4 Å². The molecule has 1 saturated heterocycles. The number of hydrogen-bond acceptors (Lipinski definition) is 3. The smallest absolute Gasteiger partial charge is 0.222 e. The number of rotatable bonds is 5. The standard InChI is InChI=1S/C20H23F2N3O2/c1-12-16(13(2)24-23-12)6-8-19(26)25-9-3-4-14(11-25)20(27)17-10-15(21)5-7-18(17)22/h5,7,10,14H,3-4,6,8-9,11H2,1-2H3,(H,23,24). The fourth-order valence-electron chi connectivity index (χ4n) is 3.66. The van der Waals surface area contributed by atoms with Crippen LogP contribution in [0.1, 0.15) is 46.6 Å². The molecule has 0 spiro atoms.